The van der Waals surface area contributed by atoms with Gasteiger partial charge in [0, 0.05) is 12.3 Å². The fraction of sp³-hybridized carbons (Fsp3) is 0.263. The minimum absolute atomic E-state index is 0.0773. The van der Waals surface area contributed by atoms with Crippen molar-refractivity contribution in [1.82, 2.24) is 0 Å². The van der Waals surface area contributed by atoms with Gasteiger partial charge in [-0.2, -0.15) is 5.26 Å². The van der Waals surface area contributed by atoms with Crippen LogP contribution >= 0.6 is 11.6 Å². The molecular weight excluding hydrogens is 340 g/mol. The SMILES string of the molecule is N#Cc1ccc(NC(=O)c2ccccc2OCC2CCCO2)cc1Cl. The molecule has 1 amide bonds. The van der Waals surface area contributed by atoms with Gasteiger partial charge in [0.2, 0.25) is 0 Å². The second-order valence-corrected chi connectivity index (χ2v) is 6.11. The molecule has 1 aliphatic rings. The number of rotatable bonds is 5. The summed E-state index contributed by atoms with van der Waals surface area (Å²) in [5.74, 6) is 0.207. The second-order valence-electron chi connectivity index (χ2n) is 5.70. The van der Waals surface area contributed by atoms with Crippen molar-refractivity contribution in [3.05, 3.63) is 58.6 Å². The zero-order chi connectivity index (χ0) is 17.6. The predicted octanol–water partition coefficient (Wildman–Crippen LogP) is 4.02. The minimum atomic E-state index is -0.302. The molecule has 0 aromatic heterocycles. The number of nitrogens with one attached hydrogen (secondary N) is 1. The maximum Gasteiger partial charge on any atom is 0.259 e. The molecule has 3 rings (SSSR count). The van der Waals surface area contributed by atoms with E-state index in [2.05, 4.69) is 5.32 Å². The molecule has 5 nitrogen and oxygen atoms in total. The third-order valence-corrected chi connectivity index (χ3v) is 4.24. The molecule has 0 saturated carbocycles. The van der Waals surface area contributed by atoms with Crippen molar-refractivity contribution < 1.29 is 14.3 Å². The fourth-order valence-electron chi connectivity index (χ4n) is 2.62. The quantitative estimate of drug-likeness (QED) is 0.878. The molecular formula is C19H17ClN2O3. The van der Waals surface area contributed by atoms with Crippen molar-refractivity contribution in [3.63, 3.8) is 0 Å². The zero-order valence-electron chi connectivity index (χ0n) is 13.5. The van der Waals surface area contributed by atoms with Gasteiger partial charge in [0.05, 0.1) is 22.3 Å². The highest BCUT2D eigenvalue weighted by Gasteiger charge is 2.18. The summed E-state index contributed by atoms with van der Waals surface area (Å²) >= 11 is 6.00. The van der Waals surface area contributed by atoms with Crippen LogP contribution in [-0.4, -0.2) is 25.2 Å². The molecule has 1 heterocycles. The summed E-state index contributed by atoms with van der Waals surface area (Å²) in [5.41, 5.74) is 1.31. The summed E-state index contributed by atoms with van der Waals surface area (Å²) in [6.07, 6.45) is 2.08. The van der Waals surface area contributed by atoms with Crippen LogP contribution in [0.5, 0.6) is 5.75 Å². The smallest absolute Gasteiger partial charge is 0.259 e. The lowest BCUT2D eigenvalue weighted by molar-refractivity contribution is 0.0673. The second kappa shape index (κ2) is 8.02. The minimum Gasteiger partial charge on any atom is -0.490 e. The van der Waals surface area contributed by atoms with Crippen molar-refractivity contribution in [3.8, 4) is 11.8 Å². The van der Waals surface area contributed by atoms with Crippen molar-refractivity contribution in [2.24, 2.45) is 0 Å². The molecule has 1 saturated heterocycles. The van der Waals surface area contributed by atoms with E-state index in [1.54, 1.807) is 36.4 Å². The molecule has 1 unspecified atom stereocenters. The maximum atomic E-state index is 12.6. The van der Waals surface area contributed by atoms with Gasteiger partial charge in [-0.15, -0.1) is 0 Å². The predicted molar refractivity (Wildman–Crippen MR) is 95.0 cm³/mol. The summed E-state index contributed by atoms with van der Waals surface area (Å²) in [6.45, 7) is 1.18. The number of nitrogens with zero attached hydrogens (tertiary/aromatic N) is 1. The van der Waals surface area contributed by atoms with Crippen LogP contribution in [0.1, 0.15) is 28.8 Å². The third kappa shape index (κ3) is 4.30. The molecule has 6 heteroatoms. The lowest BCUT2D eigenvalue weighted by atomic mass is 10.1. The molecule has 25 heavy (non-hydrogen) atoms. The van der Waals surface area contributed by atoms with Gasteiger partial charge in [-0.3, -0.25) is 4.79 Å². The first-order valence-electron chi connectivity index (χ1n) is 8.02. The summed E-state index contributed by atoms with van der Waals surface area (Å²) in [7, 11) is 0. The Morgan fingerprint density at radius 2 is 2.20 bits per heavy atom. The number of carbonyl (C=O) groups is 1. The van der Waals surface area contributed by atoms with E-state index in [0.29, 0.717) is 34.2 Å². The van der Waals surface area contributed by atoms with E-state index in [4.69, 9.17) is 26.3 Å². The Bertz CT molecular complexity index is 811. The highest BCUT2D eigenvalue weighted by molar-refractivity contribution is 6.32. The number of ether oxygens (including phenoxy) is 2. The van der Waals surface area contributed by atoms with Crippen molar-refractivity contribution in [1.29, 1.82) is 5.26 Å². The van der Waals surface area contributed by atoms with Crippen LogP contribution in [0.2, 0.25) is 5.02 Å². The van der Waals surface area contributed by atoms with E-state index in [0.717, 1.165) is 19.4 Å². The Hall–Kier alpha value is -2.55. The number of hydrogen-bond donors (Lipinski definition) is 1. The van der Waals surface area contributed by atoms with Gasteiger partial charge in [-0.25, -0.2) is 0 Å². The first-order valence-corrected chi connectivity index (χ1v) is 8.39. The average Bonchev–Trinajstić information content (AvgIpc) is 3.14. The standard InChI is InChI=1S/C19H17ClN2O3/c20-17-10-14(8-7-13(17)11-21)22-19(23)16-5-1-2-6-18(16)25-12-15-4-3-9-24-15/h1-2,5-8,10,15H,3-4,9,12H2,(H,22,23). The van der Waals surface area contributed by atoms with Gasteiger partial charge in [0.15, 0.2) is 0 Å². The molecule has 1 aliphatic heterocycles. The van der Waals surface area contributed by atoms with E-state index in [1.165, 1.54) is 0 Å². The number of anilines is 1. The number of benzene rings is 2. The maximum absolute atomic E-state index is 12.6. The normalized spacial score (nSPS) is 16.2. The zero-order valence-corrected chi connectivity index (χ0v) is 14.3. The Kier molecular flexibility index (Phi) is 5.54. The molecule has 1 atom stereocenters. The van der Waals surface area contributed by atoms with Gasteiger partial charge in [0.25, 0.3) is 5.91 Å². The first-order chi connectivity index (χ1) is 12.2. The number of nitriles is 1. The Labute approximate surface area is 151 Å². The summed E-state index contributed by atoms with van der Waals surface area (Å²) in [6, 6.07) is 13.8. The van der Waals surface area contributed by atoms with Gasteiger partial charge in [-0.1, -0.05) is 23.7 Å². The van der Waals surface area contributed by atoms with Crippen LogP contribution in [0.25, 0.3) is 0 Å². The summed E-state index contributed by atoms with van der Waals surface area (Å²) in [4.78, 5) is 12.6. The number of para-hydroxylation sites is 1. The monoisotopic (exact) mass is 356 g/mol. The molecule has 0 aliphatic carbocycles. The average molecular weight is 357 g/mol. The Morgan fingerprint density at radius 3 is 2.92 bits per heavy atom. The summed E-state index contributed by atoms with van der Waals surface area (Å²) < 4.78 is 11.3. The number of carbonyl (C=O) groups excluding carboxylic acids is 1. The molecule has 0 bridgehead atoms. The van der Waals surface area contributed by atoms with Crippen LogP contribution in [0, 0.1) is 11.3 Å². The lowest BCUT2D eigenvalue weighted by Gasteiger charge is -2.14. The lowest BCUT2D eigenvalue weighted by Crippen LogP contribution is -2.19. The van der Waals surface area contributed by atoms with Gasteiger partial charge >= 0.3 is 0 Å². The molecule has 2 aromatic rings. The number of hydrogen-bond acceptors (Lipinski definition) is 4. The van der Waals surface area contributed by atoms with E-state index in [-0.39, 0.29) is 12.0 Å². The highest BCUT2D eigenvalue weighted by Crippen LogP contribution is 2.24. The van der Waals surface area contributed by atoms with Crippen LogP contribution in [0.3, 0.4) is 0 Å². The van der Waals surface area contributed by atoms with Crippen molar-refractivity contribution >= 4 is 23.2 Å². The summed E-state index contributed by atoms with van der Waals surface area (Å²) in [5, 5.41) is 12.0. The van der Waals surface area contributed by atoms with Gasteiger partial charge in [-0.05, 0) is 43.2 Å². The number of halogens is 1. The van der Waals surface area contributed by atoms with Crippen LogP contribution in [0.15, 0.2) is 42.5 Å². The Morgan fingerprint density at radius 1 is 1.36 bits per heavy atom. The van der Waals surface area contributed by atoms with E-state index in [1.807, 2.05) is 12.1 Å². The highest BCUT2D eigenvalue weighted by atomic mass is 35.5. The van der Waals surface area contributed by atoms with Gasteiger partial charge < -0.3 is 14.8 Å². The van der Waals surface area contributed by atoms with Crippen molar-refractivity contribution in [2.75, 3.05) is 18.5 Å². The van der Waals surface area contributed by atoms with Crippen molar-refractivity contribution in [2.45, 2.75) is 18.9 Å². The topological polar surface area (TPSA) is 71.4 Å². The fourth-order valence-corrected chi connectivity index (χ4v) is 2.84. The van der Waals surface area contributed by atoms with Crippen LogP contribution in [0.4, 0.5) is 5.69 Å². The first kappa shape index (κ1) is 17.3. The van der Waals surface area contributed by atoms with Crippen LogP contribution < -0.4 is 10.1 Å². The largest absolute Gasteiger partial charge is 0.490 e. The third-order valence-electron chi connectivity index (χ3n) is 3.93. The number of amides is 1. The Balaban J connectivity index is 1.71. The molecule has 1 fully saturated rings. The van der Waals surface area contributed by atoms with Crippen LogP contribution in [-0.2, 0) is 4.74 Å². The molecule has 0 radical (unpaired) electrons. The van der Waals surface area contributed by atoms with E-state index < -0.39 is 0 Å². The molecule has 0 spiro atoms. The molecule has 1 N–H and O–H groups in total. The van der Waals surface area contributed by atoms with E-state index in [9.17, 15) is 4.79 Å². The van der Waals surface area contributed by atoms with Gasteiger partial charge in [0.1, 0.15) is 18.4 Å². The molecule has 2 aromatic carbocycles. The molecule has 128 valence electrons. The van der Waals surface area contributed by atoms with E-state index >= 15 is 0 Å².